The van der Waals surface area contributed by atoms with Crippen molar-refractivity contribution in [3.05, 3.63) is 0 Å². The summed E-state index contributed by atoms with van der Waals surface area (Å²) in [4.78, 5) is 0. The molecule has 2 nitrogen and oxygen atoms in total. The highest BCUT2D eigenvalue weighted by atomic mass is 32.2. The molecule has 2 aliphatic rings. The minimum absolute atomic E-state index is 0.0697. The number of hydrogen-bond donors (Lipinski definition) is 2. The van der Waals surface area contributed by atoms with Crippen molar-refractivity contribution < 1.29 is 5.11 Å². The van der Waals surface area contributed by atoms with Crippen molar-refractivity contribution in [2.75, 3.05) is 18.9 Å². The van der Waals surface area contributed by atoms with Crippen LogP contribution >= 0.6 is 11.8 Å². The molecule has 0 amide bonds. The van der Waals surface area contributed by atoms with E-state index in [0.717, 1.165) is 11.8 Å². The Labute approximate surface area is 90.8 Å². The van der Waals surface area contributed by atoms with Crippen molar-refractivity contribution in [1.29, 1.82) is 0 Å². The molecule has 2 fully saturated rings. The predicted molar refractivity (Wildman–Crippen MR) is 61.8 cm³/mol. The lowest BCUT2D eigenvalue weighted by atomic mass is 9.84. The van der Waals surface area contributed by atoms with E-state index in [0.29, 0.717) is 6.61 Å². The number of aliphatic hydroxyl groups excluding tert-OH is 1. The molecule has 0 aromatic carbocycles. The Balaban J connectivity index is 1.89. The Morgan fingerprint density at radius 1 is 1.36 bits per heavy atom. The first-order chi connectivity index (χ1) is 6.85. The van der Waals surface area contributed by atoms with Crippen LogP contribution in [0.5, 0.6) is 0 Å². The van der Waals surface area contributed by atoms with E-state index in [1.165, 1.54) is 44.3 Å². The van der Waals surface area contributed by atoms with Gasteiger partial charge in [-0.05, 0) is 44.4 Å². The van der Waals surface area contributed by atoms with E-state index in [2.05, 4.69) is 17.1 Å². The van der Waals surface area contributed by atoms with Gasteiger partial charge in [0.15, 0.2) is 0 Å². The lowest BCUT2D eigenvalue weighted by molar-refractivity contribution is 0.123. The van der Waals surface area contributed by atoms with Gasteiger partial charge < -0.3 is 10.4 Å². The first-order valence-electron chi connectivity index (χ1n) is 5.82. The van der Waals surface area contributed by atoms with Crippen LogP contribution in [-0.4, -0.2) is 34.8 Å². The Bertz CT molecular complexity index is 174. The molecule has 0 spiro atoms. The summed E-state index contributed by atoms with van der Waals surface area (Å²) in [6.45, 7) is 1.42. The molecule has 3 heteroatoms. The molecule has 2 rings (SSSR count). The average molecular weight is 215 g/mol. The Hall–Kier alpha value is 0.270. The first-order valence-corrected chi connectivity index (χ1v) is 6.87. The summed E-state index contributed by atoms with van der Waals surface area (Å²) in [6.07, 6.45) is 7.63. The fraction of sp³-hybridized carbons (Fsp3) is 1.00. The van der Waals surface area contributed by atoms with Crippen molar-refractivity contribution in [1.82, 2.24) is 5.32 Å². The summed E-state index contributed by atoms with van der Waals surface area (Å²) in [5, 5.41) is 13.9. The SMILES string of the molecule is OCC1(CC2CCCS2)CCCCN1. The van der Waals surface area contributed by atoms with E-state index in [1.807, 2.05) is 0 Å². The zero-order chi connectivity index (χ0) is 9.86. The lowest BCUT2D eigenvalue weighted by Gasteiger charge is -2.38. The van der Waals surface area contributed by atoms with Crippen LogP contribution in [0.1, 0.15) is 38.5 Å². The van der Waals surface area contributed by atoms with E-state index in [4.69, 9.17) is 0 Å². The number of piperidine rings is 1. The van der Waals surface area contributed by atoms with Crippen LogP contribution in [0.25, 0.3) is 0 Å². The van der Waals surface area contributed by atoms with Crippen molar-refractivity contribution in [3.8, 4) is 0 Å². The van der Waals surface area contributed by atoms with Gasteiger partial charge in [0.25, 0.3) is 0 Å². The number of rotatable bonds is 3. The van der Waals surface area contributed by atoms with Gasteiger partial charge in [-0.3, -0.25) is 0 Å². The smallest absolute Gasteiger partial charge is 0.0613 e. The zero-order valence-electron chi connectivity index (χ0n) is 8.80. The molecule has 2 heterocycles. The van der Waals surface area contributed by atoms with Gasteiger partial charge >= 0.3 is 0 Å². The Morgan fingerprint density at radius 3 is 2.86 bits per heavy atom. The number of hydrogen-bond acceptors (Lipinski definition) is 3. The second kappa shape index (κ2) is 4.86. The topological polar surface area (TPSA) is 32.3 Å². The largest absolute Gasteiger partial charge is 0.394 e. The quantitative estimate of drug-likeness (QED) is 0.752. The van der Waals surface area contributed by atoms with Gasteiger partial charge in [0.1, 0.15) is 0 Å². The second-order valence-corrected chi connectivity index (χ2v) is 6.07. The summed E-state index contributed by atoms with van der Waals surface area (Å²) in [6, 6.07) is 0. The molecule has 0 aliphatic carbocycles. The molecule has 82 valence electrons. The molecule has 2 atom stereocenters. The Morgan fingerprint density at radius 2 is 2.29 bits per heavy atom. The van der Waals surface area contributed by atoms with Crippen LogP contribution in [0.3, 0.4) is 0 Å². The third-order valence-corrected chi connectivity index (χ3v) is 4.93. The molecule has 0 radical (unpaired) electrons. The van der Waals surface area contributed by atoms with Gasteiger partial charge in [0.2, 0.25) is 0 Å². The molecule has 0 aromatic heterocycles. The lowest BCUT2D eigenvalue weighted by Crippen LogP contribution is -2.52. The van der Waals surface area contributed by atoms with Gasteiger partial charge in [-0.1, -0.05) is 6.42 Å². The highest BCUT2D eigenvalue weighted by Gasteiger charge is 2.34. The number of aliphatic hydroxyl groups is 1. The maximum atomic E-state index is 9.53. The van der Waals surface area contributed by atoms with Crippen LogP contribution in [0.4, 0.5) is 0 Å². The summed E-state index contributed by atoms with van der Waals surface area (Å²) in [5.74, 6) is 1.33. The van der Waals surface area contributed by atoms with Crippen LogP contribution in [0, 0.1) is 0 Å². The second-order valence-electron chi connectivity index (χ2n) is 4.66. The van der Waals surface area contributed by atoms with E-state index in [-0.39, 0.29) is 5.54 Å². The van der Waals surface area contributed by atoms with Crippen LogP contribution in [-0.2, 0) is 0 Å². The number of nitrogens with one attached hydrogen (secondary N) is 1. The van der Waals surface area contributed by atoms with E-state index < -0.39 is 0 Å². The molecule has 2 unspecified atom stereocenters. The van der Waals surface area contributed by atoms with Crippen LogP contribution in [0.2, 0.25) is 0 Å². The minimum Gasteiger partial charge on any atom is -0.394 e. The highest BCUT2D eigenvalue weighted by molar-refractivity contribution is 8.00. The first kappa shape index (κ1) is 10.8. The fourth-order valence-electron chi connectivity index (χ4n) is 2.65. The van der Waals surface area contributed by atoms with Gasteiger partial charge in [0.05, 0.1) is 6.61 Å². The molecule has 0 aromatic rings. The van der Waals surface area contributed by atoms with Gasteiger partial charge in [0, 0.05) is 10.8 Å². The third kappa shape index (κ3) is 2.44. The van der Waals surface area contributed by atoms with Gasteiger partial charge in [-0.25, -0.2) is 0 Å². The number of thioether (sulfide) groups is 1. The third-order valence-electron chi connectivity index (χ3n) is 3.53. The van der Waals surface area contributed by atoms with E-state index >= 15 is 0 Å². The average Bonchev–Trinajstić information content (AvgIpc) is 2.72. The van der Waals surface area contributed by atoms with E-state index in [9.17, 15) is 5.11 Å². The van der Waals surface area contributed by atoms with Crippen molar-refractivity contribution in [2.45, 2.75) is 49.3 Å². The molecule has 2 saturated heterocycles. The molecular formula is C11H21NOS. The molecule has 2 aliphatic heterocycles. The van der Waals surface area contributed by atoms with Gasteiger partial charge in [-0.2, -0.15) is 11.8 Å². The van der Waals surface area contributed by atoms with E-state index in [1.54, 1.807) is 0 Å². The summed E-state index contributed by atoms with van der Waals surface area (Å²) < 4.78 is 0. The molecule has 0 saturated carbocycles. The molecule has 0 bridgehead atoms. The van der Waals surface area contributed by atoms with Crippen molar-refractivity contribution >= 4 is 11.8 Å². The fourth-order valence-corrected chi connectivity index (χ4v) is 4.08. The minimum atomic E-state index is 0.0697. The molecule has 2 N–H and O–H groups in total. The standard InChI is InChI=1S/C11H21NOS/c13-9-11(5-1-2-6-12-11)8-10-4-3-7-14-10/h10,12-13H,1-9H2. The van der Waals surface area contributed by atoms with Crippen molar-refractivity contribution in [3.63, 3.8) is 0 Å². The summed E-state index contributed by atoms with van der Waals surface area (Å²) in [7, 11) is 0. The van der Waals surface area contributed by atoms with Crippen molar-refractivity contribution in [2.24, 2.45) is 0 Å². The predicted octanol–water partition coefficient (Wildman–Crippen LogP) is 1.78. The zero-order valence-corrected chi connectivity index (χ0v) is 9.61. The monoisotopic (exact) mass is 215 g/mol. The highest BCUT2D eigenvalue weighted by Crippen LogP contribution is 2.35. The Kier molecular flexibility index (Phi) is 3.74. The summed E-state index contributed by atoms with van der Waals surface area (Å²) >= 11 is 2.10. The maximum Gasteiger partial charge on any atom is 0.0613 e. The normalized spacial score (nSPS) is 38.8. The summed E-state index contributed by atoms with van der Waals surface area (Å²) in [5.41, 5.74) is 0.0697. The van der Waals surface area contributed by atoms with Gasteiger partial charge in [-0.15, -0.1) is 0 Å². The van der Waals surface area contributed by atoms with Crippen LogP contribution < -0.4 is 5.32 Å². The molecular weight excluding hydrogens is 194 g/mol. The van der Waals surface area contributed by atoms with Crippen LogP contribution in [0.15, 0.2) is 0 Å². The molecule has 14 heavy (non-hydrogen) atoms. The maximum absolute atomic E-state index is 9.53.